The Bertz CT molecular complexity index is 453. The molecule has 2 aliphatic rings. The van der Waals surface area contributed by atoms with Gasteiger partial charge in [-0.1, -0.05) is 49.6 Å². The Hall–Kier alpha value is -1.35. The Balaban J connectivity index is 1.68. The maximum absolute atomic E-state index is 12.7. The van der Waals surface area contributed by atoms with E-state index in [1.165, 1.54) is 32.1 Å². The molecule has 0 aromatic heterocycles. The predicted octanol–water partition coefficient (Wildman–Crippen LogP) is 3.09. The molecule has 20 heavy (non-hydrogen) atoms. The second kappa shape index (κ2) is 5.96. The average molecular weight is 272 g/mol. The molecule has 1 saturated carbocycles. The molecule has 1 aromatic carbocycles. The van der Waals surface area contributed by atoms with Crippen LogP contribution in [0.4, 0.5) is 0 Å². The van der Waals surface area contributed by atoms with Gasteiger partial charge in [-0.05, 0) is 31.2 Å². The third kappa shape index (κ3) is 2.73. The SMILES string of the molecule is CC1NC(c2ccccc2)C(=O)N1CC1CCCCC1. The lowest BCUT2D eigenvalue weighted by Gasteiger charge is -2.29. The topological polar surface area (TPSA) is 32.3 Å². The highest BCUT2D eigenvalue weighted by molar-refractivity contribution is 5.85. The first-order chi connectivity index (χ1) is 9.75. The van der Waals surface area contributed by atoms with Crippen LogP contribution in [0.15, 0.2) is 30.3 Å². The number of nitrogens with zero attached hydrogens (tertiary/aromatic N) is 1. The van der Waals surface area contributed by atoms with Gasteiger partial charge in [0.25, 0.3) is 0 Å². The molecule has 1 aliphatic heterocycles. The van der Waals surface area contributed by atoms with E-state index in [9.17, 15) is 4.79 Å². The minimum absolute atomic E-state index is 0.148. The Morgan fingerprint density at radius 3 is 2.55 bits per heavy atom. The number of carbonyl (C=O) groups is 1. The summed E-state index contributed by atoms with van der Waals surface area (Å²) in [6.07, 6.45) is 6.74. The van der Waals surface area contributed by atoms with Crippen molar-refractivity contribution in [3.05, 3.63) is 35.9 Å². The smallest absolute Gasteiger partial charge is 0.245 e. The second-order valence-electron chi connectivity index (χ2n) is 6.18. The molecule has 3 rings (SSSR count). The number of benzene rings is 1. The largest absolute Gasteiger partial charge is 0.325 e. The molecule has 1 N–H and O–H groups in total. The zero-order valence-corrected chi connectivity index (χ0v) is 12.2. The highest BCUT2D eigenvalue weighted by atomic mass is 16.2. The summed E-state index contributed by atoms with van der Waals surface area (Å²) in [4.78, 5) is 14.7. The van der Waals surface area contributed by atoms with Crippen molar-refractivity contribution in [3.63, 3.8) is 0 Å². The van der Waals surface area contributed by atoms with Gasteiger partial charge in [0.05, 0.1) is 6.17 Å². The van der Waals surface area contributed by atoms with E-state index in [-0.39, 0.29) is 18.1 Å². The zero-order valence-electron chi connectivity index (χ0n) is 12.2. The van der Waals surface area contributed by atoms with Crippen LogP contribution in [-0.4, -0.2) is 23.5 Å². The third-order valence-corrected chi connectivity index (χ3v) is 4.72. The van der Waals surface area contributed by atoms with Crippen LogP contribution in [-0.2, 0) is 4.79 Å². The molecule has 3 heteroatoms. The normalized spacial score (nSPS) is 28.1. The summed E-state index contributed by atoms with van der Waals surface area (Å²) in [6, 6.07) is 9.90. The summed E-state index contributed by atoms with van der Waals surface area (Å²) in [5.74, 6) is 0.945. The number of carbonyl (C=O) groups excluding carboxylic acids is 1. The summed E-state index contributed by atoms with van der Waals surface area (Å²) in [5.41, 5.74) is 1.08. The first-order valence-corrected chi connectivity index (χ1v) is 7.87. The third-order valence-electron chi connectivity index (χ3n) is 4.72. The standard InChI is InChI=1S/C17H24N2O/c1-13-18-16(15-10-6-3-7-11-15)17(20)19(13)12-14-8-4-2-5-9-14/h3,6-7,10-11,13-14,16,18H,2,4-5,8-9,12H2,1H3. The number of rotatable bonds is 3. The van der Waals surface area contributed by atoms with Gasteiger partial charge in [0.2, 0.25) is 5.91 Å². The molecule has 1 aromatic rings. The van der Waals surface area contributed by atoms with E-state index < -0.39 is 0 Å². The van der Waals surface area contributed by atoms with Crippen molar-refractivity contribution >= 4 is 5.91 Å². The maximum atomic E-state index is 12.7. The van der Waals surface area contributed by atoms with E-state index in [0.29, 0.717) is 5.92 Å². The number of nitrogens with one attached hydrogen (secondary N) is 1. The highest BCUT2D eigenvalue weighted by Crippen LogP contribution is 2.29. The van der Waals surface area contributed by atoms with Gasteiger partial charge in [0.15, 0.2) is 0 Å². The minimum Gasteiger partial charge on any atom is -0.325 e. The molecule has 0 radical (unpaired) electrons. The quantitative estimate of drug-likeness (QED) is 0.917. The van der Waals surface area contributed by atoms with Gasteiger partial charge in [-0.2, -0.15) is 0 Å². The molecule has 1 amide bonds. The molecule has 2 atom stereocenters. The summed E-state index contributed by atoms with van der Waals surface area (Å²) >= 11 is 0. The molecule has 3 nitrogen and oxygen atoms in total. The second-order valence-corrected chi connectivity index (χ2v) is 6.18. The van der Waals surface area contributed by atoms with Crippen molar-refractivity contribution in [1.82, 2.24) is 10.2 Å². The van der Waals surface area contributed by atoms with Crippen LogP contribution < -0.4 is 5.32 Å². The fourth-order valence-corrected chi connectivity index (χ4v) is 3.54. The number of amides is 1. The first-order valence-electron chi connectivity index (χ1n) is 7.87. The van der Waals surface area contributed by atoms with E-state index in [1.807, 2.05) is 35.2 Å². The summed E-state index contributed by atoms with van der Waals surface area (Å²) in [6.45, 7) is 3.03. The molecule has 1 saturated heterocycles. The molecule has 0 bridgehead atoms. The predicted molar refractivity (Wildman–Crippen MR) is 80.1 cm³/mol. The number of hydrogen-bond donors (Lipinski definition) is 1. The van der Waals surface area contributed by atoms with Crippen LogP contribution in [0.25, 0.3) is 0 Å². The van der Waals surface area contributed by atoms with E-state index in [1.54, 1.807) is 0 Å². The van der Waals surface area contributed by atoms with Crippen LogP contribution in [0.2, 0.25) is 0 Å². The average Bonchev–Trinajstić information content (AvgIpc) is 2.77. The molecule has 2 unspecified atom stereocenters. The lowest BCUT2D eigenvalue weighted by atomic mass is 9.89. The molecule has 108 valence electrons. The molecule has 1 aliphatic carbocycles. The van der Waals surface area contributed by atoms with Crippen LogP contribution in [0.5, 0.6) is 0 Å². The Labute approximate surface area is 121 Å². The summed E-state index contributed by atoms with van der Waals surface area (Å²) < 4.78 is 0. The lowest BCUT2D eigenvalue weighted by Crippen LogP contribution is -2.38. The summed E-state index contributed by atoms with van der Waals surface area (Å²) in [5, 5.41) is 3.44. The van der Waals surface area contributed by atoms with E-state index in [4.69, 9.17) is 0 Å². The van der Waals surface area contributed by atoms with Gasteiger partial charge < -0.3 is 4.90 Å². The number of hydrogen-bond acceptors (Lipinski definition) is 2. The van der Waals surface area contributed by atoms with Crippen molar-refractivity contribution in [2.75, 3.05) is 6.54 Å². The van der Waals surface area contributed by atoms with Crippen LogP contribution in [0, 0.1) is 5.92 Å². The van der Waals surface area contributed by atoms with Gasteiger partial charge in [-0.25, -0.2) is 0 Å². The van der Waals surface area contributed by atoms with Gasteiger partial charge >= 0.3 is 0 Å². The van der Waals surface area contributed by atoms with Crippen LogP contribution >= 0.6 is 0 Å². The van der Waals surface area contributed by atoms with Crippen molar-refractivity contribution in [2.24, 2.45) is 5.92 Å². The Kier molecular flexibility index (Phi) is 4.06. The van der Waals surface area contributed by atoms with Crippen molar-refractivity contribution in [1.29, 1.82) is 0 Å². The van der Waals surface area contributed by atoms with Gasteiger partial charge in [-0.15, -0.1) is 0 Å². The minimum atomic E-state index is -0.158. The zero-order chi connectivity index (χ0) is 13.9. The highest BCUT2D eigenvalue weighted by Gasteiger charge is 2.38. The molecular formula is C17H24N2O. The summed E-state index contributed by atoms with van der Waals surface area (Å²) in [7, 11) is 0. The lowest BCUT2D eigenvalue weighted by molar-refractivity contribution is -0.130. The fraction of sp³-hybridized carbons (Fsp3) is 0.588. The van der Waals surface area contributed by atoms with Crippen LogP contribution in [0.1, 0.15) is 50.6 Å². The van der Waals surface area contributed by atoms with Gasteiger partial charge in [-0.3, -0.25) is 10.1 Å². The Morgan fingerprint density at radius 1 is 1.15 bits per heavy atom. The maximum Gasteiger partial charge on any atom is 0.245 e. The monoisotopic (exact) mass is 272 g/mol. The van der Waals surface area contributed by atoms with Gasteiger partial charge in [0.1, 0.15) is 6.04 Å². The van der Waals surface area contributed by atoms with E-state index in [2.05, 4.69) is 12.2 Å². The first kappa shape index (κ1) is 13.6. The van der Waals surface area contributed by atoms with Crippen molar-refractivity contribution in [3.8, 4) is 0 Å². The van der Waals surface area contributed by atoms with Crippen molar-refractivity contribution in [2.45, 2.75) is 51.2 Å². The van der Waals surface area contributed by atoms with E-state index >= 15 is 0 Å². The fourth-order valence-electron chi connectivity index (χ4n) is 3.54. The Morgan fingerprint density at radius 2 is 1.85 bits per heavy atom. The molecule has 2 fully saturated rings. The van der Waals surface area contributed by atoms with E-state index in [0.717, 1.165) is 12.1 Å². The van der Waals surface area contributed by atoms with Crippen molar-refractivity contribution < 1.29 is 4.79 Å². The molecule has 0 spiro atoms. The molecular weight excluding hydrogens is 248 g/mol. The molecule has 1 heterocycles. The van der Waals surface area contributed by atoms with Gasteiger partial charge in [0, 0.05) is 6.54 Å². The van der Waals surface area contributed by atoms with Crippen LogP contribution in [0.3, 0.4) is 0 Å².